The molecule has 1 saturated heterocycles. The van der Waals surface area contributed by atoms with Gasteiger partial charge in [-0.25, -0.2) is 8.78 Å². The Labute approximate surface area is 408 Å². The lowest BCUT2D eigenvalue weighted by Crippen LogP contribution is -2.53. The van der Waals surface area contributed by atoms with E-state index in [-0.39, 0.29) is 36.7 Å². The van der Waals surface area contributed by atoms with Crippen molar-refractivity contribution >= 4 is 11.8 Å². The number of amides is 2. The number of carbonyl (C=O) groups excluding carboxylic acids is 2. The number of benzene rings is 4. The zero-order valence-electron chi connectivity index (χ0n) is 41.4. The van der Waals surface area contributed by atoms with E-state index in [1.54, 1.807) is 14.0 Å². The van der Waals surface area contributed by atoms with Crippen LogP contribution in [0.3, 0.4) is 0 Å². The fraction of sp³-hybridized carbons (Fsp3) is 0.559. The molecule has 5 fully saturated rings. The molecule has 1 aliphatic heterocycles. The second kappa shape index (κ2) is 20.6. The maximum Gasteiger partial charge on any atom is 0.239 e. The number of aliphatic hydroxyl groups excluding tert-OH is 1. The van der Waals surface area contributed by atoms with Crippen LogP contribution in [0, 0.1) is 63.9 Å². The molecule has 370 valence electrons. The van der Waals surface area contributed by atoms with Crippen LogP contribution in [0.5, 0.6) is 5.75 Å². The van der Waals surface area contributed by atoms with Gasteiger partial charge in [0.1, 0.15) is 29.1 Å². The molecule has 1 heterocycles. The number of aliphatic hydroxyl groups is 1. The highest BCUT2D eigenvalue weighted by atomic mass is 19.1. The smallest absolute Gasteiger partial charge is 0.239 e. The Kier molecular flexibility index (Phi) is 14.7. The van der Waals surface area contributed by atoms with Gasteiger partial charge in [0.15, 0.2) is 0 Å². The maximum absolute atomic E-state index is 15.7. The summed E-state index contributed by atoms with van der Waals surface area (Å²) in [6.45, 7) is 8.78. The summed E-state index contributed by atoms with van der Waals surface area (Å²) in [5.74, 6) is 2.30. The molecule has 3 unspecified atom stereocenters. The Balaban J connectivity index is 0.791. The molecule has 4 aromatic carbocycles. The van der Waals surface area contributed by atoms with Gasteiger partial charge in [0.25, 0.3) is 0 Å². The van der Waals surface area contributed by atoms with Crippen LogP contribution < -0.4 is 15.4 Å². The zero-order valence-corrected chi connectivity index (χ0v) is 41.4. The summed E-state index contributed by atoms with van der Waals surface area (Å²) < 4.78 is 49.9. The van der Waals surface area contributed by atoms with Crippen molar-refractivity contribution in [2.24, 2.45) is 52.3 Å². The molecule has 9 rings (SSSR count). The van der Waals surface area contributed by atoms with E-state index in [2.05, 4.69) is 31.4 Å². The average Bonchev–Trinajstić information content (AvgIpc) is 3.87. The summed E-state index contributed by atoms with van der Waals surface area (Å²) >= 11 is 0. The van der Waals surface area contributed by atoms with Crippen LogP contribution in [0.25, 0.3) is 0 Å². The summed E-state index contributed by atoms with van der Waals surface area (Å²) in [5, 5.41) is 17.1. The van der Waals surface area contributed by atoms with Crippen molar-refractivity contribution in [2.75, 3.05) is 20.3 Å². The zero-order chi connectivity index (χ0) is 48.5. The third-order valence-electron chi connectivity index (χ3n) is 18.6. The fourth-order valence-corrected chi connectivity index (χ4v) is 14.9. The molecule has 8 nitrogen and oxygen atoms in total. The summed E-state index contributed by atoms with van der Waals surface area (Å²) in [7, 11) is 1.61. The van der Waals surface area contributed by atoms with E-state index < -0.39 is 47.4 Å². The van der Waals surface area contributed by atoms with Crippen molar-refractivity contribution in [1.82, 2.24) is 10.6 Å². The summed E-state index contributed by atoms with van der Waals surface area (Å²) in [4.78, 5) is 26.2. The van der Waals surface area contributed by atoms with E-state index in [0.29, 0.717) is 34.8 Å². The monoisotopic (exact) mass is 945 g/mol. The van der Waals surface area contributed by atoms with Crippen molar-refractivity contribution in [3.8, 4) is 5.75 Å². The van der Waals surface area contributed by atoms with E-state index >= 15 is 8.78 Å². The fourth-order valence-electron chi connectivity index (χ4n) is 14.9. The standard InChI is InChI=1S/C59H74F2N2O6/c1-37(47-26-27-48-45-25-22-40-14-12-13-30-57(40,3)49(45)29-31-58(47,48)4)19-28-53(64)63-35-54(65)62-34-39-32-46(51(61)33-50(39)60)56-38(2)55(66)52(69-56)36-68-59(41-15-8-6-9-16-41,42-17-10-7-11-18-42)43-20-23-44(67-5)24-21-43/h6-11,15-18,20-21,23-24,32-33,37-38,40,45,47-49,52,55-56,66H,12-14,19,22,25-31,34-36H2,1-5H3,(H,62,65)(H,63,64)/t37-,38+,40-,45?,47?,48-,49-,52-,55?,56-,57-,58+/m1/s1. The molecule has 0 spiro atoms. The minimum Gasteiger partial charge on any atom is -0.497 e. The summed E-state index contributed by atoms with van der Waals surface area (Å²) in [6, 6.07) is 29.4. The molecule has 5 aliphatic rings. The molecule has 69 heavy (non-hydrogen) atoms. The van der Waals surface area contributed by atoms with Gasteiger partial charge in [-0.2, -0.15) is 0 Å². The third kappa shape index (κ3) is 9.51. The Morgan fingerprint density at radius 2 is 1.48 bits per heavy atom. The second-order valence-corrected chi connectivity index (χ2v) is 22.1. The summed E-state index contributed by atoms with van der Waals surface area (Å²) in [6.07, 6.45) is 12.0. The largest absolute Gasteiger partial charge is 0.497 e. The van der Waals surface area contributed by atoms with Gasteiger partial charge in [0.05, 0.1) is 32.5 Å². The molecule has 4 aromatic rings. The van der Waals surface area contributed by atoms with Gasteiger partial charge in [-0.05, 0) is 139 Å². The number of methoxy groups -OCH3 is 1. The molecular formula is C59H74F2N2O6. The Hall–Kier alpha value is -4.64. The van der Waals surface area contributed by atoms with Gasteiger partial charge in [-0.3, -0.25) is 9.59 Å². The molecule has 4 aliphatic carbocycles. The van der Waals surface area contributed by atoms with Crippen molar-refractivity contribution in [2.45, 2.75) is 135 Å². The van der Waals surface area contributed by atoms with Gasteiger partial charge >= 0.3 is 0 Å². The number of ether oxygens (including phenoxy) is 3. The number of hydrogen-bond acceptors (Lipinski definition) is 6. The van der Waals surface area contributed by atoms with Gasteiger partial charge in [0.2, 0.25) is 11.8 Å². The maximum atomic E-state index is 15.7. The van der Waals surface area contributed by atoms with Crippen LogP contribution in [0.4, 0.5) is 8.78 Å². The van der Waals surface area contributed by atoms with Crippen LogP contribution in [-0.2, 0) is 31.2 Å². The quantitative estimate of drug-likeness (QED) is 0.0966. The summed E-state index contributed by atoms with van der Waals surface area (Å²) in [5.41, 5.74) is 2.43. The van der Waals surface area contributed by atoms with E-state index in [1.807, 2.05) is 84.9 Å². The average molecular weight is 945 g/mol. The van der Waals surface area contributed by atoms with E-state index in [4.69, 9.17) is 14.2 Å². The van der Waals surface area contributed by atoms with Crippen LogP contribution in [0.1, 0.15) is 139 Å². The van der Waals surface area contributed by atoms with Gasteiger partial charge in [-0.1, -0.05) is 113 Å². The third-order valence-corrected chi connectivity index (χ3v) is 18.6. The number of hydrogen-bond donors (Lipinski definition) is 3. The van der Waals surface area contributed by atoms with E-state index in [1.165, 1.54) is 70.3 Å². The van der Waals surface area contributed by atoms with Crippen LogP contribution in [0.15, 0.2) is 97.1 Å². The normalized spacial score (nSPS) is 31.2. The lowest BCUT2D eigenvalue weighted by Gasteiger charge is -2.61. The van der Waals surface area contributed by atoms with Gasteiger partial charge in [0, 0.05) is 36.1 Å². The van der Waals surface area contributed by atoms with Crippen LogP contribution in [0.2, 0.25) is 0 Å². The Morgan fingerprint density at radius 3 is 2.17 bits per heavy atom. The molecule has 0 bridgehead atoms. The molecular weight excluding hydrogens is 871 g/mol. The van der Waals surface area contributed by atoms with Crippen molar-refractivity contribution < 1.29 is 37.7 Å². The molecule has 3 N–H and O–H groups in total. The van der Waals surface area contributed by atoms with Gasteiger partial charge < -0.3 is 30.0 Å². The number of nitrogens with one attached hydrogen (secondary N) is 2. The number of rotatable bonds is 16. The van der Waals surface area contributed by atoms with Crippen LogP contribution in [-0.4, -0.2) is 49.4 Å². The highest BCUT2D eigenvalue weighted by Crippen LogP contribution is 2.68. The lowest BCUT2D eigenvalue weighted by atomic mass is 9.44. The van der Waals surface area contributed by atoms with Crippen molar-refractivity contribution in [3.63, 3.8) is 0 Å². The van der Waals surface area contributed by atoms with Crippen molar-refractivity contribution in [1.29, 1.82) is 0 Å². The van der Waals surface area contributed by atoms with Gasteiger partial charge in [-0.15, -0.1) is 0 Å². The molecule has 12 atom stereocenters. The van der Waals surface area contributed by atoms with Crippen LogP contribution >= 0.6 is 0 Å². The number of halogens is 2. The highest BCUT2D eigenvalue weighted by molar-refractivity contribution is 5.84. The minimum absolute atomic E-state index is 0.0602. The van der Waals surface area contributed by atoms with Crippen molar-refractivity contribution in [3.05, 3.63) is 137 Å². The first-order chi connectivity index (χ1) is 33.3. The Bertz CT molecular complexity index is 2360. The molecule has 2 amide bonds. The number of carbonyl (C=O) groups is 2. The Morgan fingerprint density at radius 1 is 0.797 bits per heavy atom. The van der Waals surface area contributed by atoms with E-state index in [9.17, 15) is 14.7 Å². The molecule has 0 radical (unpaired) electrons. The minimum atomic E-state index is -1.12. The number of fused-ring (bicyclic) bond motifs is 5. The molecule has 4 saturated carbocycles. The second-order valence-electron chi connectivity index (χ2n) is 22.1. The predicted octanol–water partition coefficient (Wildman–Crippen LogP) is 11.6. The highest BCUT2D eigenvalue weighted by Gasteiger charge is 2.60. The predicted molar refractivity (Wildman–Crippen MR) is 264 cm³/mol. The molecule has 0 aromatic heterocycles. The first-order valence-corrected chi connectivity index (χ1v) is 26.0. The molecule has 10 heteroatoms. The van der Waals surface area contributed by atoms with E-state index in [0.717, 1.165) is 52.8 Å². The lowest BCUT2D eigenvalue weighted by molar-refractivity contribution is -0.126. The first kappa shape index (κ1) is 49.3. The SMILES string of the molecule is COc1ccc(C(OC[C@H]2O[C@@H](c3cc(CNC(=O)CNC(=O)CC[C@@H](C)C4CC[C@@H]5C6CC[C@H]7CCCC[C@@]7(C)[C@@H]6CC[C@@]45C)c(F)cc3F)[C@@H](C)C2O)(c2ccccc2)c2ccccc2)cc1. The first-order valence-electron chi connectivity index (χ1n) is 26.0. The topological polar surface area (TPSA) is 106 Å².